The summed E-state index contributed by atoms with van der Waals surface area (Å²) < 4.78 is 26.4. The second-order valence-corrected chi connectivity index (χ2v) is 5.81. The molecule has 0 aliphatic heterocycles. The van der Waals surface area contributed by atoms with Gasteiger partial charge in [-0.15, -0.1) is 0 Å². The van der Waals surface area contributed by atoms with Gasteiger partial charge in [0.1, 0.15) is 11.6 Å². The van der Waals surface area contributed by atoms with Gasteiger partial charge in [0.2, 0.25) is 0 Å². The second-order valence-electron chi connectivity index (χ2n) is 3.53. The van der Waals surface area contributed by atoms with E-state index in [4.69, 9.17) is 11.5 Å². The number of anilines is 2. The summed E-state index contributed by atoms with van der Waals surface area (Å²) in [7, 11) is 2.65. The number of rotatable bonds is 3. The van der Waals surface area contributed by atoms with E-state index in [1.807, 2.05) is 0 Å². The van der Waals surface area contributed by atoms with E-state index in [1.54, 1.807) is 12.1 Å². The Morgan fingerprint density at radius 1 is 0.722 bits per heavy atom. The second kappa shape index (κ2) is 5.49. The highest BCUT2D eigenvalue weighted by Gasteiger charge is 2.04. The first-order valence-electron chi connectivity index (χ1n) is 5.01. The SMILES string of the molecule is Nc1ccc(SSc2ccc(N)c(F)c2)cc1F. The quantitative estimate of drug-likeness (QED) is 0.662. The smallest absolute Gasteiger partial charge is 0.147 e. The van der Waals surface area contributed by atoms with Crippen molar-refractivity contribution in [2.75, 3.05) is 11.5 Å². The standard InChI is InChI=1S/C12H10F2N2S2/c13-9-5-7(1-3-11(9)15)17-18-8-2-4-12(16)10(14)6-8/h1-6H,15-16H2. The molecule has 0 radical (unpaired) electrons. The predicted molar refractivity (Wildman–Crippen MR) is 73.3 cm³/mol. The van der Waals surface area contributed by atoms with Gasteiger partial charge in [0, 0.05) is 9.79 Å². The Balaban J connectivity index is 2.06. The maximum absolute atomic E-state index is 13.2. The van der Waals surface area contributed by atoms with Crippen molar-refractivity contribution in [3.05, 3.63) is 48.0 Å². The van der Waals surface area contributed by atoms with Crippen molar-refractivity contribution >= 4 is 33.0 Å². The first-order valence-corrected chi connectivity index (χ1v) is 7.16. The molecule has 0 aliphatic rings. The fourth-order valence-electron chi connectivity index (χ4n) is 1.22. The van der Waals surface area contributed by atoms with Crippen LogP contribution in [-0.4, -0.2) is 0 Å². The highest BCUT2D eigenvalue weighted by molar-refractivity contribution is 8.76. The van der Waals surface area contributed by atoms with E-state index in [0.29, 0.717) is 9.79 Å². The lowest BCUT2D eigenvalue weighted by molar-refractivity contribution is 0.628. The molecule has 0 atom stereocenters. The van der Waals surface area contributed by atoms with Gasteiger partial charge in [-0.1, -0.05) is 21.6 Å². The zero-order chi connectivity index (χ0) is 13.1. The summed E-state index contributed by atoms with van der Waals surface area (Å²) in [5.74, 6) is -0.909. The van der Waals surface area contributed by atoms with Crippen molar-refractivity contribution in [1.82, 2.24) is 0 Å². The largest absolute Gasteiger partial charge is 0.396 e. The lowest BCUT2D eigenvalue weighted by atomic mass is 10.3. The molecule has 2 nitrogen and oxygen atoms in total. The normalized spacial score (nSPS) is 10.6. The molecular formula is C12H10F2N2S2. The average molecular weight is 284 g/mol. The maximum Gasteiger partial charge on any atom is 0.147 e. The van der Waals surface area contributed by atoms with Crippen molar-refractivity contribution in [1.29, 1.82) is 0 Å². The topological polar surface area (TPSA) is 52.0 Å². The Labute approximate surface area is 111 Å². The summed E-state index contributed by atoms with van der Waals surface area (Å²) in [6.07, 6.45) is 0. The first kappa shape index (κ1) is 13.0. The van der Waals surface area contributed by atoms with Crippen LogP contribution in [0.5, 0.6) is 0 Å². The third-order valence-electron chi connectivity index (χ3n) is 2.18. The van der Waals surface area contributed by atoms with E-state index >= 15 is 0 Å². The minimum Gasteiger partial charge on any atom is -0.396 e. The van der Waals surface area contributed by atoms with E-state index in [0.717, 1.165) is 0 Å². The van der Waals surface area contributed by atoms with Gasteiger partial charge in [-0.2, -0.15) is 0 Å². The van der Waals surface area contributed by atoms with Gasteiger partial charge < -0.3 is 11.5 Å². The number of benzene rings is 2. The third-order valence-corrected chi connectivity index (χ3v) is 4.56. The molecule has 18 heavy (non-hydrogen) atoms. The molecule has 0 saturated heterocycles. The zero-order valence-corrected chi connectivity index (χ0v) is 10.8. The fourth-order valence-corrected chi connectivity index (χ4v) is 3.16. The van der Waals surface area contributed by atoms with Crippen LogP contribution in [0.25, 0.3) is 0 Å². The number of halogens is 2. The summed E-state index contributed by atoms with van der Waals surface area (Å²) in [5, 5.41) is 0. The van der Waals surface area contributed by atoms with Gasteiger partial charge in [0.15, 0.2) is 0 Å². The summed E-state index contributed by atoms with van der Waals surface area (Å²) in [5.41, 5.74) is 11.0. The Morgan fingerprint density at radius 3 is 1.44 bits per heavy atom. The predicted octanol–water partition coefficient (Wildman–Crippen LogP) is 3.93. The van der Waals surface area contributed by atoms with Gasteiger partial charge in [-0.05, 0) is 36.4 Å². The fraction of sp³-hybridized carbons (Fsp3) is 0. The Hall–Kier alpha value is -1.40. The summed E-state index contributed by atoms with van der Waals surface area (Å²) in [4.78, 5) is 1.42. The highest BCUT2D eigenvalue weighted by atomic mass is 33.1. The van der Waals surface area contributed by atoms with Crippen molar-refractivity contribution < 1.29 is 8.78 Å². The van der Waals surface area contributed by atoms with E-state index in [1.165, 1.54) is 45.9 Å². The van der Waals surface area contributed by atoms with Crippen LogP contribution in [-0.2, 0) is 0 Å². The maximum atomic E-state index is 13.2. The van der Waals surface area contributed by atoms with Gasteiger partial charge in [0.05, 0.1) is 11.4 Å². The molecule has 2 aromatic rings. The van der Waals surface area contributed by atoms with E-state index in [-0.39, 0.29) is 11.4 Å². The summed E-state index contributed by atoms with van der Waals surface area (Å²) >= 11 is 0. The van der Waals surface area contributed by atoms with Gasteiger partial charge in [-0.3, -0.25) is 0 Å². The Kier molecular flexibility index (Phi) is 3.98. The molecule has 2 rings (SSSR count). The monoisotopic (exact) mass is 284 g/mol. The van der Waals surface area contributed by atoms with Crippen LogP contribution in [0, 0.1) is 11.6 Å². The Morgan fingerprint density at radius 2 is 1.11 bits per heavy atom. The lowest BCUT2D eigenvalue weighted by Gasteiger charge is -2.04. The number of hydrogen-bond donors (Lipinski definition) is 2. The molecule has 2 aromatic carbocycles. The molecule has 6 heteroatoms. The summed E-state index contributed by atoms with van der Waals surface area (Å²) in [6, 6.07) is 9.12. The van der Waals surface area contributed by atoms with E-state index < -0.39 is 11.6 Å². The van der Waals surface area contributed by atoms with Crippen LogP contribution < -0.4 is 11.5 Å². The molecule has 4 N–H and O–H groups in total. The van der Waals surface area contributed by atoms with Crippen LogP contribution in [0.3, 0.4) is 0 Å². The van der Waals surface area contributed by atoms with Gasteiger partial charge in [-0.25, -0.2) is 8.78 Å². The third kappa shape index (κ3) is 3.08. The van der Waals surface area contributed by atoms with Gasteiger partial charge >= 0.3 is 0 Å². The minimum atomic E-state index is -0.455. The molecule has 0 amide bonds. The van der Waals surface area contributed by atoms with Crippen LogP contribution in [0.2, 0.25) is 0 Å². The van der Waals surface area contributed by atoms with Crippen LogP contribution in [0.1, 0.15) is 0 Å². The summed E-state index contributed by atoms with van der Waals surface area (Å²) in [6.45, 7) is 0. The molecule has 0 fully saturated rings. The van der Waals surface area contributed by atoms with Crippen molar-refractivity contribution in [2.24, 2.45) is 0 Å². The molecule has 0 saturated carbocycles. The first-order chi connectivity index (χ1) is 8.56. The van der Waals surface area contributed by atoms with E-state index in [9.17, 15) is 8.78 Å². The van der Waals surface area contributed by atoms with Crippen molar-refractivity contribution in [3.8, 4) is 0 Å². The molecule has 0 aromatic heterocycles. The van der Waals surface area contributed by atoms with Crippen LogP contribution in [0.4, 0.5) is 20.2 Å². The average Bonchev–Trinajstić information content (AvgIpc) is 2.35. The molecule has 0 aliphatic carbocycles. The molecule has 0 bridgehead atoms. The molecule has 0 unspecified atom stereocenters. The number of nitrogens with two attached hydrogens (primary N) is 2. The van der Waals surface area contributed by atoms with E-state index in [2.05, 4.69) is 0 Å². The number of hydrogen-bond acceptors (Lipinski definition) is 4. The minimum absolute atomic E-state index is 0.114. The van der Waals surface area contributed by atoms with Crippen LogP contribution >= 0.6 is 21.6 Å². The van der Waals surface area contributed by atoms with Crippen LogP contribution in [0.15, 0.2) is 46.2 Å². The molecule has 0 heterocycles. The Bertz CT molecular complexity index is 524. The number of nitrogen functional groups attached to an aromatic ring is 2. The lowest BCUT2D eigenvalue weighted by Crippen LogP contribution is -1.89. The molecule has 94 valence electrons. The highest BCUT2D eigenvalue weighted by Crippen LogP contribution is 2.38. The molecular weight excluding hydrogens is 274 g/mol. The molecule has 0 spiro atoms. The van der Waals surface area contributed by atoms with Crippen molar-refractivity contribution in [3.63, 3.8) is 0 Å². The van der Waals surface area contributed by atoms with Gasteiger partial charge in [0.25, 0.3) is 0 Å². The zero-order valence-electron chi connectivity index (χ0n) is 9.19. The van der Waals surface area contributed by atoms with Crippen molar-refractivity contribution in [2.45, 2.75) is 9.79 Å².